The fourth-order valence-corrected chi connectivity index (χ4v) is 2.16. The summed E-state index contributed by atoms with van der Waals surface area (Å²) in [6.45, 7) is 6.83. The Bertz CT molecular complexity index is 342. The lowest BCUT2D eigenvalue weighted by atomic mass is 9.70. The first kappa shape index (κ1) is 10.7. The minimum Gasteiger partial charge on any atom is -0.379 e. The smallest absolute Gasteiger partial charge is 0.0588 e. The third-order valence-corrected chi connectivity index (χ3v) is 3.56. The first-order chi connectivity index (χ1) is 7.19. The van der Waals surface area contributed by atoms with Gasteiger partial charge in [-0.15, -0.1) is 0 Å². The van der Waals surface area contributed by atoms with E-state index in [4.69, 9.17) is 10.5 Å². The lowest BCUT2D eigenvalue weighted by Crippen LogP contribution is -2.50. The highest BCUT2D eigenvalue weighted by Gasteiger charge is 2.42. The van der Waals surface area contributed by atoms with E-state index >= 15 is 0 Å². The molecule has 0 saturated carbocycles. The minimum absolute atomic E-state index is 0.227. The van der Waals surface area contributed by atoms with Crippen LogP contribution < -0.4 is 5.73 Å². The number of rotatable bonds is 3. The molecule has 0 bridgehead atoms. The van der Waals surface area contributed by atoms with Crippen molar-refractivity contribution in [3.8, 4) is 0 Å². The molecule has 0 radical (unpaired) electrons. The van der Waals surface area contributed by atoms with E-state index in [9.17, 15) is 0 Å². The minimum atomic E-state index is 0.227. The van der Waals surface area contributed by atoms with Gasteiger partial charge in [0.1, 0.15) is 0 Å². The van der Waals surface area contributed by atoms with E-state index in [1.807, 2.05) is 0 Å². The third kappa shape index (κ3) is 1.68. The Kier molecular flexibility index (Phi) is 2.81. The predicted octanol–water partition coefficient (Wildman–Crippen LogP) is 2.07. The van der Waals surface area contributed by atoms with Crippen LogP contribution in [0.25, 0.3) is 0 Å². The summed E-state index contributed by atoms with van der Waals surface area (Å²) in [6.07, 6.45) is 0. The second-order valence-electron chi connectivity index (χ2n) is 4.71. The first-order valence-corrected chi connectivity index (χ1v) is 5.56. The standard InChI is InChI=1S/C13H19NO/c1-10(2)13(8-15-9-13)12-5-3-4-11(6-12)7-14/h3-6,10H,7-9,14H2,1-2H3. The largest absolute Gasteiger partial charge is 0.379 e. The molecular weight excluding hydrogens is 186 g/mol. The molecule has 1 fully saturated rings. The van der Waals surface area contributed by atoms with E-state index in [1.165, 1.54) is 11.1 Å². The van der Waals surface area contributed by atoms with Gasteiger partial charge < -0.3 is 10.5 Å². The van der Waals surface area contributed by atoms with Crippen LogP contribution in [0.15, 0.2) is 24.3 Å². The summed E-state index contributed by atoms with van der Waals surface area (Å²) in [7, 11) is 0. The molecule has 0 aromatic heterocycles. The molecule has 2 rings (SSSR count). The van der Waals surface area contributed by atoms with Crippen LogP contribution in [0.4, 0.5) is 0 Å². The van der Waals surface area contributed by atoms with Gasteiger partial charge in [-0.1, -0.05) is 38.1 Å². The fourth-order valence-electron chi connectivity index (χ4n) is 2.16. The Hall–Kier alpha value is -0.860. The summed E-state index contributed by atoms with van der Waals surface area (Å²) in [6, 6.07) is 8.60. The molecule has 2 N–H and O–H groups in total. The quantitative estimate of drug-likeness (QED) is 0.820. The molecular formula is C13H19NO. The molecule has 1 saturated heterocycles. The molecule has 0 aliphatic carbocycles. The highest BCUT2D eigenvalue weighted by Crippen LogP contribution is 2.39. The molecule has 1 aliphatic rings. The van der Waals surface area contributed by atoms with Crippen LogP contribution in [0.2, 0.25) is 0 Å². The van der Waals surface area contributed by atoms with E-state index < -0.39 is 0 Å². The zero-order valence-electron chi connectivity index (χ0n) is 9.49. The van der Waals surface area contributed by atoms with E-state index in [1.54, 1.807) is 0 Å². The zero-order chi connectivity index (χ0) is 10.9. The van der Waals surface area contributed by atoms with Gasteiger partial charge in [-0.3, -0.25) is 0 Å². The van der Waals surface area contributed by atoms with Crippen LogP contribution in [0, 0.1) is 5.92 Å². The van der Waals surface area contributed by atoms with Crippen LogP contribution in [-0.4, -0.2) is 13.2 Å². The van der Waals surface area contributed by atoms with Gasteiger partial charge in [0.2, 0.25) is 0 Å². The molecule has 82 valence electrons. The predicted molar refractivity (Wildman–Crippen MR) is 61.7 cm³/mol. The molecule has 1 aromatic rings. The molecule has 0 spiro atoms. The lowest BCUT2D eigenvalue weighted by molar-refractivity contribution is -0.0837. The van der Waals surface area contributed by atoms with Crippen molar-refractivity contribution in [3.63, 3.8) is 0 Å². The highest BCUT2D eigenvalue weighted by atomic mass is 16.5. The summed E-state index contributed by atoms with van der Waals surface area (Å²) in [5.41, 5.74) is 8.48. The Labute approximate surface area is 91.4 Å². The summed E-state index contributed by atoms with van der Waals surface area (Å²) in [5.74, 6) is 0.610. The lowest BCUT2D eigenvalue weighted by Gasteiger charge is -2.45. The van der Waals surface area contributed by atoms with E-state index in [0.717, 1.165) is 13.2 Å². The topological polar surface area (TPSA) is 35.2 Å². The molecule has 1 aliphatic heterocycles. The molecule has 2 heteroatoms. The monoisotopic (exact) mass is 205 g/mol. The maximum Gasteiger partial charge on any atom is 0.0588 e. The van der Waals surface area contributed by atoms with Crippen LogP contribution in [-0.2, 0) is 16.7 Å². The highest BCUT2D eigenvalue weighted by molar-refractivity contribution is 5.32. The summed E-state index contributed by atoms with van der Waals surface area (Å²) in [4.78, 5) is 0. The van der Waals surface area contributed by atoms with Crippen molar-refractivity contribution in [1.82, 2.24) is 0 Å². The maximum atomic E-state index is 5.67. The van der Waals surface area contributed by atoms with Crippen molar-refractivity contribution in [1.29, 1.82) is 0 Å². The maximum absolute atomic E-state index is 5.67. The van der Waals surface area contributed by atoms with Crippen molar-refractivity contribution in [3.05, 3.63) is 35.4 Å². The number of hydrogen-bond donors (Lipinski definition) is 1. The van der Waals surface area contributed by atoms with Crippen molar-refractivity contribution >= 4 is 0 Å². The molecule has 1 heterocycles. The van der Waals surface area contributed by atoms with Crippen molar-refractivity contribution in [2.75, 3.05) is 13.2 Å². The Balaban J connectivity index is 2.34. The average Bonchev–Trinajstić information content (AvgIpc) is 2.16. The van der Waals surface area contributed by atoms with Gasteiger partial charge in [0.25, 0.3) is 0 Å². The molecule has 1 aromatic carbocycles. The first-order valence-electron chi connectivity index (χ1n) is 5.56. The third-order valence-electron chi connectivity index (χ3n) is 3.56. The molecule has 0 amide bonds. The molecule has 0 unspecified atom stereocenters. The average molecular weight is 205 g/mol. The Morgan fingerprint density at radius 3 is 2.60 bits per heavy atom. The Morgan fingerprint density at radius 1 is 1.40 bits per heavy atom. The second-order valence-corrected chi connectivity index (χ2v) is 4.71. The van der Waals surface area contributed by atoms with Crippen molar-refractivity contribution in [2.45, 2.75) is 25.8 Å². The van der Waals surface area contributed by atoms with Crippen molar-refractivity contribution in [2.24, 2.45) is 11.7 Å². The number of ether oxygens (including phenoxy) is 1. The van der Waals surface area contributed by atoms with E-state index in [0.29, 0.717) is 12.5 Å². The van der Waals surface area contributed by atoms with Crippen LogP contribution in [0.5, 0.6) is 0 Å². The van der Waals surface area contributed by atoms with Gasteiger partial charge in [0.05, 0.1) is 13.2 Å². The molecule has 15 heavy (non-hydrogen) atoms. The fraction of sp³-hybridized carbons (Fsp3) is 0.538. The molecule has 0 atom stereocenters. The normalized spacial score (nSPS) is 18.9. The summed E-state index contributed by atoms with van der Waals surface area (Å²) >= 11 is 0. The van der Waals surface area contributed by atoms with Gasteiger partial charge in [0.15, 0.2) is 0 Å². The van der Waals surface area contributed by atoms with Crippen molar-refractivity contribution < 1.29 is 4.74 Å². The van der Waals surface area contributed by atoms with Gasteiger partial charge in [-0.25, -0.2) is 0 Å². The van der Waals surface area contributed by atoms with Crippen LogP contribution in [0.1, 0.15) is 25.0 Å². The molecule has 2 nitrogen and oxygen atoms in total. The zero-order valence-corrected chi connectivity index (χ0v) is 9.49. The van der Waals surface area contributed by atoms with Gasteiger partial charge >= 0.3 is 0 Å². The summed E-state index contributed by atoms with van der Waals surface area (Å²) in [5, 5.41) is 0. The van der Waals surface area contributed by atoms with Crippen LogP contribution >= 0.6 is 0 Å². The van der Waals surface area contributed by atoms with E-state index in [-0.39, 0.29) is 5.41 Å². The SMILES string of the molecule is CC(C)C1(c2cccc(CN)c2)COC1. The van der Waals surface area contributed by atoms with Crippen LogP contribution in [0.3, 0.4) is 0 Å². The van der Waals surface area contributed by atoms with Gasteiger partial charge in [-0.2, -0.15) is 0 Å². The van der Waals surface area contributed by atoms with Gasteiger partial charge in [0, 0.05) is 12.0 Å². The second kappa shape index (κ2) is 3.95. The number of hydrogen-bond acceptors (Lipinski definition) is 2. The number of benzene rings is 1. The van der Waals surface area contributed by atoms with Gasteiger partial charge in [-0.05, 0) is 17.0 Å². The number of nitrogens with two attached hydrogens (primary N) is 1. The Morgan fingerprint density at radius 2 is 2.13 bits per heavy atom. The summed E-state index contributed by atoms with van der Waals surface area (Å²) < 4.78 is 5.40. The van der Waals surface area contributed by atoms with E-state index in [2.05, 4.69) is 38.1 Å².